The largest absolute Gasteiger partial charge is 0.480 e. The predicted octanol–water partition coefficient (Wildman–Crippen LogP) is 10.2. The number of unbranched alkanes of at least 4 members (excludes halogenated alkanes) is 16. The SMILES string of the molecule is CCCC/C=C\C/C=C\CCCCCCCC(=O)OCC(O)COP(=O)(O)OCC(NC(=O)CCCCCCC/C=C\C/C=C\CCCCCC)C(=O)O. The monoisotopic (exact) mass is 784 g/mol. The highest BCUT2D eigenvalue weighted by atomic mass is 31.2. The van der Waals surface area contributed by atoms with Gasteiger partial charge in [-0.3, -0.25) is 18.6 Å². The van der Waals surface area contributed by atoms with Gasteiger partial charge in [-0.15, -0.1) is 0 Å². The summed E-state index contributed by atoms with van der Waals surface area (Å²) in [7, 11) is -4.76. The molecule has 1 amide bonds. The molecule has 54 heavy (non-hydrogen) atoms. The maximum absolute atomic E-state index is 12.3. The van der Waals surface area contributed by atoms with Crippen molar-refractivity contribution in [1.29, 1.82) is 0 Å². The summed E-state index contributed by atoms with van der Waals surface area (Å²) >= 11 is 0. The van der Waals surface area contributed by atoms with Crippen LogP contribution in [0.25, 0.3) is 0 Å². The Hall–Kier alpha value is -2.56. The van der Waals surface area contributed by atoms with Crippen LogP contribution in [0, 0.1) is 0 Å². The molecular weight excluding hydrogens is 709 g/mol. The first-order valence-corrected chi connectivity index (χ1v) is 22.2. The number of aliphatic carboxylic acids is 1. The maximum Gasteiger partial charge on any atom is 0.472 e. The highest BCUT2D eigenvalue weighted by molar-refractivity contribution is 7.47. The Labute approximate surface area is 326 Å². The topological polar surface area (TPSA) is 169 Å². The van der Waals surface area contributed by atoms with E-state index in [-0.39, 0.29) is 12.8 Å². The van der Waals surface area contributed by atoms with E-state index < -0.39 is 57.6 Å². The number of rotatable bonds is 38. The second kappa shape index (κ2) is 37.4. The highest BCUT2D eigenvalue weighted by Gasteiger charge is 2.28. The summed E-state index contributed by atoms with van der Waals surface area (Å²) in [6.45, 7) is 2.49. The highest BCUT2D eigenvalue weighted by Crippen LogP contribution is 2.43. The Kier molecular flexibility index (Phi) is 35.6. The van der Waals surface area contributed by atoms with Crippen molar-refractivity contribution < 1.29 is 47.8 Å². The lowest BCUT2D eigenvalue weighted by Gasteiger charge is -2.18. The normalized spacial score (nSPS) is 14.3. The number of esters is 1. The number of carbonyl (C=O) groups excluding carboxylic acids is 2. The van der Waals surface area contributed by atoms with Crippen molar-refractivity contribution in [1.82, 2.24) is 5.32 Å². The Bertz CT molecular complexity index is 1110. The van der Waals surface area contributed by atoms with Gasteiger partial charge in [-0.05, 0) is 70.6 Å². The minimum Gasteiger partial charge on any atom is -0.480 e. The number of hydrogen-bond acceptors (Lipinski definition) is 8. The lowest BCUT2D eigenvalue weighted by molar-refractivity contribution is -0.147. The fraction of sp³-hybridized carbons (Fsp3) is 0.738. The van der Waals surface area contributed by atoms with E-state index in [2.05, 4.69) is 67.8 Å². The number of phosphoric ester groups is 1. The van der Waals surface area contributed by atoms with Gasteiger partial charge in [0.25, 0.3) is 0 Å². The molecule has 4 N–H and O–H groups in total. The number of aliphatic hydroxyl groups excluding tert-OH is 1. The van der Waals surface area contributed by atoms with Gasteiger partial charge in [-0.1, -0.05) is 133 Å². The van der Waals surface area contributed by atoms with E-state index >= 15 is 0 Å². The summed E-state index contributed by atoms with van der Waals surface area (Å²) in [6, 6.07) is -1.56. The molecule has 0 aliphatic heterocycles. The molecule has 0 saturated heterocycles. The van der Waals surface area contributed by atoms with Crippen molar-refractivity contribution >= 4 is 25.7 Å². The maximum atomic E-state index is 12.3. The van der Waals surface area contributed by atoms with Gasteiger partial charge in [0.1, 0.15) is 12.7 Å². The molecule has 0 fully saturated rings. The van der Waals surface area contributed by atoms with Crippen molar-refractivity contribution in [2.75, 3.05) is 19.8 Å². The molecule has 0 aromatic carbocycles. The average Bonchev–Trinajstić information content (AvgIpc) is 3.14. The number of hydrogen-bond donors (Lipinski definition) is 4. The molecule has 3 unspecified atom stereocenters. The van der Waals surface area contributed by atoms with E-state index in [0.29, 0.717) is 12.8 Å². The Morgan fingerprint density at radius 1 is 0.593 bits per heavy atom. The van der Waals surface area contributed by atoms with Gasteiger partial charge in [-0.2, -0.15) is 0 Å². The summed E-state index contributed by atoms with van der Waals surface area (Å²) in [6.07, 6.45) is 39.9. The zero-order valence-electron chi connectivity index (χ0n) is 33.5. The third-order valence-electron chi connectivity index (χ3n) is 8.59. The van der Waals surface area contributed by atoms with Crippen molar-refractivity contribution in [2.24, 2.45) is 0 Å². The van der Waals surface area contributed by atoms with Gasteiger partial charge in [0.2, 0.25) is 5.91 Å². The molecule has 11 nitrogen and oxygen atoms in total. The zero-order valence-corrected chi connectivity index (χ0v) is 34.4. The molecule has 312 valence electrons. The number of carboxylic acid groups (broad SMARTS) is 1. The molecule has 0 bridgehead atoms. The van der Waals surface area contributed by atoms with Crippen molar-refractivity contribution in [3.8, 4) is 0 Å². The number of carbonyl (C=O) groups is 3. The van der Waals surface area contributed by atoms with Crippen molar-refractivity contribution in [3.05, 3.63) is 48.6 Å². The van der Waals surface area contributed by atoms with Crippen LogP contribution < -0.4 is 5.32 Å². The second-order valence-electron chi connectivity index (χ2n) is 13.8. The molecule has 0 rings (SSSR count). The number of carboxylic acids is 1. The van der Waals surface area contributed by atoms with E-state index in [1.807, 2.05) is 0 Å². The molecule has 0 radical (unpaired) electrons. The van der Waals surface area contributed by atoms with Gasteiger partial charge in [0, 0.05) is 12.8 Å². The van der Waals surface area contributed by atoms with Gasteiger partial charge in [-0.25, -0.2) is 9.36 Å². The Balaban J connectivity index is 3.98. The van der Waals surface area contributed by atoms with Crippen LogP contribution in [0.4, 0.5) is 0 Å². The summed E-state index contributed by atoms with van der Waals surface area (Å²) in [5.74, 6) is -2.41. The standard InChI is InChI=1S/C42H74NO10P/c1-3-5-7-9-11-13-15-17-19-20-21-23-25-27-29-31-33-40(45)43-39(42(47)48)37-53-54(49,50)52-36-38(44)35-51-41(46)34-32-30-28-26-24-22-18-16-14-12-10-8-6-4-2/h10,12-13,15-16,18-20,38-39,44H,3-9,11,14,17,21-37H2,1-2H3,(H,43,45)(H,47,48)(H,49,50)/b12-10-,15-13-,18-16-,20-19-. The fourth-order valence-corrected chi connectivity index (χ4v) is 6.07. The predicted molar refractivity (Wildman–Crippen MR) is 217 cm³/mol. The van der Waals surface area contributed by atoms with Gasteiger partial charge < -0.3 is 25.2 Å². The Morgan fingerprint density at radius 2 is 1.04 bits per heavy atom. The molecule has 3 atom stereocenters. The number of nitrogens with one attached hydrogen (secondary N) is 1. The van der Waals surface area contributed by atoms with Crippen LogP contribution >= 0.6 is 7.82 Å². The van der Waals surface area contributed by atoms with E-state index in [9.17, 15) is 34.1 Å². The lowest BCUT2D eigenvalue weighted by atomic mass is 10.1. The van der Waals surface area contributed by atoms with Crippen LogP contribution in [-0.4, -0.2) is 64.9 Å². The third-order valence-corrected chi connectivity index (χ3v) is 9.54. The van der Waals surface area contributed by atoms with Crippen molar-refractivity contribution in [3.63, 3.8) is 0 Å². The molecule has 0 aliphatic carbocycles. The quantitative estimate of drug-likeness (QED) is 0.0205. The summed E-state index contributed by atoms with van der Waals surface area (Å²) in [5, 5.41) is 21.8. The summed E-state index contributed by atoms with van der Waals surface area (Å²) in [4.78, 5) is 45.8. The molecule has 0 aromatic heterocycles. The molecule has 0 saturated carbocycles. The van der Waals surface area contributed by atoms with Crippen LogP contribution in [0.2, 0.25) is 0 Å². The molecule has 0 heterocycles. The minimum atomic E-state index is -4.76. The van der Waals surface area contributed by atoms with E-state index in [1.54, 1.807) is 0 Å². The van der Waals surface area contributed by atoms with Crippen LogP contribution in [-0.2, 0) is 32.7 Å². The Morgan fingerprint density at radius 3 is 1.56 bits per heavy atom. The summed E-state index contributed by atoms with van der Waals surface area (Å²) in [5.41, 5.74) is 0. The van der Waals surface area contributed by atoms with Crippen molar-refractivity contribution in [2.45, 2.75) is 180 Å². The minimum absolute atomic E-state index is 0.127. The number of phosphoric acid groups is 1. The molecule has 0 aliphatic rings. The second-order valence-corrected chi connectivity index (χ2v) is 15.3. The van der Waals surface area contributed by atoms with Crippen LogP contribution in [0.5, 0.6) is 0 Å². The number of ether oxygens (including phenoxy) is 1. The first-order valence-electron chi connectivity index (χ1n) is 20.7. The van der Waals surface area contributed by atoms with Gasteiger partial charge >= 0.3 is 19.8 Å². The zero-order chi connectivity index (χ0) is 40.0. The first kappa shape index (κ1) is 51.4. The molecule has 0 spiro atoms. The van der Waals surface area contributed by atoms with Crippen LogP contribution in [0.3, 0.4) is 0 Å². The average molecular weight is 784 g/mol. The number of allylic oxidation sites excluding steroid dienone is 8. The van der Waals surface area contributed by atoms with E-state index in [0.717, 1.165) is 89.9 Å². The molecular formula is C42H74NO10P. The molecule has 12 heteroatoms. The summed E-state index contributed by atoms with van der Waals surface area (Å²) < 4.78 is 26.8. The number of aliphatic hydroxyl groups is 1. The van der Waals surface area contributed by atoms with Gasteiger partial charge in [0.15, 0.2) is 6.04 Å². The van der Waals surface area contributed by atoms with E-state index in [1.165, 1.54) is 38.5 Å². The first-order chi connectivity index (χ1) is 26.1. The fourth-order valence-electron chi connectivity index (χ4n) is 5.30. The van der Waals surface area contributed by atoms with Crippen LogP contribution in [0.1, 0.15) is 168 Å². The van der Waals surface area contributed by atoms with Crippen LogP contribution in [0.15, 0.2) is 48.6 Å². The number of amides is 1. The lowest BCUT2D eigenvalue weighted by Crippen LogP contribution is -2.43. The smallest absolute Gasteiger partial charge is 0.472 e. The van der Waals surface area contributed by atoms with E-state index in [4.69, 9.17) is 13.8 Å². The van der Waals surface area contributed by atoms with Gasteiger partial charge in [0.05, 0.1) is 13.2 Å². The molecule has 0 aromatic rings. The third kappa shape index (κ3) is 36.4.